The number of benzene rings is 3. The Kier molecular flexibility index (Phi) is 7.78. The molecular formula is C21H17N4NaO5S. The Labute approximate surface area is 206 Å². The molecule has 0 amide bonds. The number of anilines is 2. The Morgan fingerprint density at radius 2 is 1.16 bits per heavy atom. The van der Waals surface area contributed by atoms with Crippen molar-refractivity contribution < 1.29 is 22.4 Å². The standard InChI is InChI=1S/C21H16N4O5S.Na.H/c26-31(27,28)18-13-11-15(12-14-18)22-19-23-20(29-16-7-3-1-4-8-16)25-21(24-19)30-17-9-5-2-6-10-17;;/h1-14H,(H,26,27,28)(H,22,23,24,25);;. The Hall–Kier alpha value is -3.02. The molecule has 3 aromatic carbocycles. The van der Waals surface area contributed by atoms with Crippen LogP contribution in [-0.4, -0.2) is 57.5 Å². The molecule has 0 saturated carbocycles. The molecule has 9 nitrogen and oxygen atoms in total. The van der Waals surface area contributed by atoms with Crippen molar-refractivity contribution in [1.82, 2.24) is 15.0 Å². The van der Waals surface area contributed by atoms with Crippen LogP contribution in [0.3, 0.4) is 0 Å². The number of hydrogen-bond acceptors (Lipinski definition) is 8. The molecule has 0 spiro atoms. The van der Waals surface area contributed by atoms with Crippen molar-refractivity contribution in [3.8, 4) is 23.5 Å². The second kappa shape index (κ2) is 10.5. The summed E-state index contributed by atoms with van der Waals surface area (Å²) in [4.78, 5) is 12.4. The maximum atomic E-state index is 11.2. The molecule has 0 fully saturated rings. The van der Waals surface area contributed by atoms with Crippen LogP contribution >= 0.6 is 0 Å². The third-order valence-electron chi connectivity index (χ3n) is 3.91. The molecule has 0 aliphatic carbocycles. The molecule has 0 bridgehead atoms. The van der Waals surface area contributed by atoms with Gasteiger partial charge in [-0.3, -0.25) is 4.55 Å². The SMILES string of the molecule is O=S(=O)(O)c1ccc(Nc2nc(Oc3ccccc3)nc(Oc3ccccc3)n2)cc1.[NaH]. The van der Waals surface area contributed by atoms with Gasteiger partial charge < -0.3 is 14.8 Å². The van der Waals surface area contributed by atoms with Gasteiger partial charge in [0.1, 0.15) is 11.5 Å². The Bertz CT molecular complexity index is 1220. The minimum atomic E-state index is -4.28. The average Bonchev–Trinajstić information content (AvgIpc) is 2.75. The van der Waals surface area contributed by atoms with Crippen LogP contribution in [0.2, 0.25) is 0 Å². The van der Waals surface area contributed by atoms with Crippen molar-refractivity contribution in [3.05, 3.63) is 84.9 Å². The zero-order valence-corrected chi connectivity index (χ0v) is 16.7. The molecule has 0 unspecified atom stereocenters. The van der Waals surface area contributed by atoms with E-state index in [0.29, 0.717) is 17.2 Å². The summed E-state index contributed by atoms with van der Waals surface area (Å²) in [6, 6.07) is 23.4. The Morgan fingerprint density at radius 1 is 0.688 bits per heavy atom. The fraction of sp³-hybridized carbons (Fsp3) is 0. The summed E-state index contributed by atoms with van der Waals surface area (Å²) in [5, 5.41) is 2.94. The van der Waals surface area contributed by atoms with Crippen LogP contribution in [0.5, 0.6) is 23.5 Å². The monoisotopic (exact) mass is 460 g/mol. The van der Waals surface area contributed by atoms with E-state index in [2.05, 4.69) is 20.3 Å². The minimum absolute atomic E-state index is 0. The van der Waals surface area contributed by atoms with Crippen LogP contribution in [0.25, 0.3) is 0 Å². The van der Waals surface area contributed by atoms with Crippen molar-refractivity contribution >= 4 is 51.3 Å². The van der Waals surface area contributed by atoms with Gasteiger partial charge in [0.2, 0.25) is 5.95 Å². The van der Waals surface area contributed by atoms with Gasteiger partial charge in [0.15, 0.2) is 0 Å². The van der Waals surface area contributed by atoms with E-state index in [-0.39, 0.29) is 52.4 Å². The Balaban J connectivity index is 0.00000289. The van der Waals surface area contributed by atoms with Gasteiger partial charge in [-0.2, -0.15) is 18.4 Å². The molecule has 0 atom stereocenters. The molecule has 32 heavy (non-hydrogen) atoms. The van der Waals surface area contributed by atoms with E-state index in [1.807, 2.05) is 36.4 Å². The van der Waals surface area contributed by atoms with E-state index in [1.165, 1.54) is 24.3 Å². The first-order valence-electron chi connectivity index (χ1n) is 9.02. The predicted octanol–water partition coefficient (Wildman–Crippen LogP) is 3.80. The van der Waals surface area contributed by atoms with E-state index < -0.39 is 10.1 Å². The molecular weight excluding hydrogens is 443 g/mol. The van der Waals surface area contributed by atoms with Gasteiger partial charge in [-0.1, -0.05) is 36.4 Å². The number of ether oxygens (including phenoxy) is 2. The number of rotatable bonds is 7. The maximum absolute atomic E-state index is 11.2. The van der Waals surface area contributed by atoms with E-state index in [0.717, 1.165) is 0 Å². The third kappa shape index (κ3) is 6.49. The quantitative estimate of drug-likeness (QED) is 0.313. The molecule has 0 aliphatic rings. The summed E-state index contributed by atoms with van der Waals surface area (Å²) in [6.45, 7) is 0. The van der Waals surface area contributed by atoms with Gasteiger partial charge in [0.25, 0.3) is 10.1 Å². The summed E-state index contributed by atoms with van der Waals surface area (Å²) in [5.41, 5.74) is 0.481. The van der Waals surface area contributed by atoms with Crippen LogP contribution < -0.4 is 14.8 Å². The van der Waals surface area contributed by atoms with Gasteiger partial charge in [0.05, 0.1) is 4.90 Å². The molecule has 2 N–H and O–H groups in total. The molecule has 4 aromatic rings. The second-order valence-electron chi connectivity index (χ2n) is 6.18. The fourth-order valence-electron chi connectivity index (χ4n) is 2.51. The van der Waals surface area contributed by atoms with E-state index in [1.54, 1.807) is 24.3 Å². The first-order valence-corrected chi connectivity index (χ1v) is 10.5. The van der Waals surface area contributed by atoms with Crippen LogP contribution in [0.15, 0.2) is 89.8 Å². The summed E-state index contributed by atoms with van der Waals surface area (Å²) in [7, 11) is -4.28. The molecule has 1 aromatic heterocycles. The summed E-state index contributed by atoms with van der Waals surface area (Å²) >= 11 is 0. The zero-order valence-electron chi connectivity index (χ0n) is 15.9. The van der Waals surface area contributed by atoms with E-state index >= 15 is 0 Å². The van der Waals surface area contributed by atoms with Crippen molar-refractivity contribution in [2.24, 2.45) is 0 Å². The van der Waals surface area contributed by atoms with E-state index in [9.17, 15) is 8.42 Å². The number of aromatic nitrogens is 3. The van der Waals surface area contributed by atoms with Gasteiger partial charge in [-0.25, -0.2) is 0 Å². The number of hydrogen-bond donors (Lipinski definition) is 2. The Morgan fingerprint density at radius 3 is 1.59 bits per heavy atom. The van der Waals surface area contributed by atoms with Crippen LogP contribution in [0, 0.1) is 0 Å². The van der Waals surface area contributed by atoms with Crippen molar-refractivity contribution in [3.63, 3.8) is 0 Å². The topological polar surface area (TPSA) is 124 Å². The zero-order chi connectivity index (χ0) is 21.7. The average molecular weight is 460 g/mol. The first kappa shape index (κ1) is 23.6. The van der Waals surface area contributed by atoms with Gasteiger partial charge in [0, 0.05) is 5.69 Å². The molecule has 0 radical (unpaired) electrons. The normalized spacial score (nSPS) is 10.7. The fourth-order valence-corrected chi connectivity index (χ4v) is 2.99. The molecule has 0 saturated heterocycles. The predicted molar refractivity (Wildman–Crippen MR) is 120 cm³/mol. The summed E-state index contributed by atoms with van der Waals surface area (Å²) in [5.74, 6) is 1.18. The van der Waals surface area contributed by atoms with Gasteiger partial charge >= 0.3 is 41.6 Å². The van der Waals surface area contributed by atoms with Crippen LogP contribution in [0.4, 0.5) is 11.6 Å². The third-order valence-corrected chi connectivity index (χ3v) is 4.78. The number of nitrogens with one attached hydrogen (secondary N) is 1. The molecule has 11 heteroatoms. The van der Waals surface area contributed by atoms with E-state index in [4.69, 9.17) is 14.0 Å². The summed E-state index contributed by atoms with van der Waals surface area (Å²) < 4.78 is 42.9. The molecule has 4 rings (SSSR count). The first-order chi connectivity index (χ1) is 15.0. The molecule has 0 aliphatic heterocycles. The molecule has 1 heterocycles. The number of para-hydroxylation sites is 2. The van der Waals surface area contributed by atoms with Crippen molar-refractivity contribution in [1.29, 1.82) is 0 Å². The number of nitrogens with zero attached hydrogens (tertiary/aromatic N) is 3. The molecule has 158 valence electrons. The van der Waals surface area contributed by atoms with Crippen molar-refractivity contribution in [2.45, 2.75) is 4.90 Å². The van der Waals surface area contributed by atoms with Crippen LogP contribution in [-0.2, 0) is 10.1 Å². The van der Waals surface area contributed by atoms with Gasteiger partial charge in [-0.05, 0) is 48.5 Å². The summed E-state index contributed by atoms with van der Waals surface area (Å²) in [6.07, 6.45) is 0. The van der Waals surface area contributed by atoms with Crippen molar-refractivity contribution in [2.75, 3.05) is 5.32 Å². The second-order valence-corrected chi connectivity index (χ2v) is 7.60. The van der Waals surface area contributed by atoms with Gasteiger partial charge in [-0.15, -0.1) is 4.98 Å². The van der Waals surface area contributed by atoms with Crippen LogP contribution in [0.1, 0.15) is 0 Å².